The van der Waals surface area contributed by atoms with Crippen LogP contribution in [0.4, 0.5) is 17.1 Å². The van der Waals surface area contributed by atoms with Crippen molar-refractivity contribution in [3.63, 3.8) is 0 Å². The van der Waals surface area contributed by atoms with E-state index < -0.39 is 5.92 Å². The molecule has 3 rings (SSSR count). The summed E-state index contributed by atoms with van der Waals surface area (Å²) in [6.45, 7) is 0.303. The minimum atomic E-state index is -0.422. The van der Waals surface area contributed by atoms with E-state index in [0.29, 0.717) is 28.0 Å². The van der Waals surface area contributed by atoms with Crippen LogP contribution in [0.5, 0.6) is 0 Å². The van der Waals surface area contributed by atoms with Crippen molar-refractivity contribution in [1.82, 2.24) is 0 Å². The Balaban J connectivity index is 1.68. The molecule has 0 bridgehead atoms. The lowest BCUT2D eigenvalue weighted by Crippen LogP contribution is -2.28. The number of carbonyl (C=O) groups is 2. The molecule has 136 valence electrons. The van der Waals surface area contributed by atoms with Crippen molar-refractivity contribution in [3.05, 3.63) is 52.5 Å². The molecule has 1 unspecified atom stereocenters. The fraction of sp³-hybridized carbons (Fsp3) is 0.263. The van der Waals surface area contributed by atoms with Crippen molar-refractivity contribution >= 4 is 52.1 Å². The predicted molar refractivity (Wildman–Crippen MR) is 106 cm³/mol. The van der Waals surface area contributed by atoms with Crippen LogP contribution in [0.15, 0.2) is 42.5 Å². The number of carbonyl (C=O) groups excluding carboxylic acids is 2. The zero-order valence-corrected chi connectivity index (χ0v) is 16.0. The molecule has 0 saturated carbocycles. The molecule has 0 radical (unpaired) electrons. The number of benzene rings is 2. The highest BCUT2D eigenvalue weighted by Crippen LogP contribution is 2.30. The fourth-order valence-electron chi connectivity index (χ4n) is 2.92. The molecular weight excluding hydrogens is 373 g/mol. The highest BCUT2D eigenvalue weighted by molar-refractivity contribution is 6.35. The number of nitrogens with zero attached hydrogens (tertiary/aromatic N) is 2. The van der Waals surface area contributed by atoms with Gasteiger partial charge in [-0.25, -0.2) is 0 Å². The molecule has 1 fully saturated rings. The Hall–Kier alpha value is -2.24. The summed E-state index contributed by atoms with van der Waals surface area (Å²) in [4.78, 5) is 28.4. The van der Waals surface area contributed by atoms with Gasteiger partial charge in [-0.05, 0) is 42.5 Å². The van der Waals surface area contributed by atoms with Gasteiger partial charge >= 0.3 is 0 Å². The third-order valence-electron chi connectivity index (χ3n) is 4.31. The van der Waals surface area contributed by atoms with Crippen LogP contribution in [0.25, 0.3) is 0 Å². The second kappa shape index (κ2) is 7.56. The zero-order chi connectivity index (χ0) is 18.8. The van der Waals surface area contributed by atoms with Crippen LogP contribution in [-0.4, -0.2) is 32.5 Å². The van der Waals surface area contributed by atoms with Crippen LogP contribution < -0.4 is 15.1 Å². The SMILES string of the molecule is CN(C)c1ccc(NC(=O)C2CC(=O)N(c3cc(Cl)cc(Cl)c3)C2)cc1. The maximum Gasteiger partial charge on any atom is 0.229 e. The van der Waals surface area contributed by atoms with Crippen molar-refractivity contribution in [2.24, 2.45) is 5.92 Å². The topological polar surface area (TPSA) is 52.7 Å². The summed E-state index contributed by atoms with van der Waals surface area (Å²) in [5.41, 5.74) is 2.36. The molecule has 1 N–H and O–H groups in total. The maximum atomic E-state index is 12.5. The van der Waals surface area contributed by atoms with Crippen LogP contribution >= 0.6 is 23.2 Å². The summed E-state index contributed by atoms with van der Waals surface area (Å²) < 4.78 is 0. The first-order valence-electron chi connectivity index (χ1n) is 8.18. The van der Waals surface area contributed by atoms with E-state index in [1.165, 1.54) is 0 Å². The summed E-state index contributed by atoms with van der Waals surface area (Å²) in [7, 11) is 3.91. The Morgan fingerprint density at radius 3 is 2.31 bits per heavy atom. The van der Waals surface area contributed by atoms with Gasteiger partial charge in [0.2, 0.25) is 11.8 Å². The van der Waals surface area contributed by atoms with Gasteiger partial charge in [0.05, 0.1) is 5.92 Å². The summed E-state index contributed by atoms with van der Waals surface area (Å²) in [5.74, 6) is -0.716. The van der Waals surface area contributed by atoms with Crippen molar-refractivity contribution in [1.29, 1.82) is 0 Å². The lowest BCUT2D eigenvalue weighted by molar-refractivity contribution is -0.122. The lowest BCUT2D eigenvalue weighted by Gasteiger charge is -2.17. The number of anilines is 3. The van der Waals surface area contributed by atoms with Crippen LogP contribution in [0, 0.1) is 5.92 Å². The quantitative estimate of drug-likeness (QED) is 0.854. The van der Waals surface area contributed by atoms with Crippen molar-refractivity contribution in [2.45, 2.75) is 6.42 Å². The second-order valence-corrected chi connectivity index (χ2v) is 7.34. The standard InChI is InChI=1S/C19H19Cl2N3O2/c1-23(2)16-5-3-15(4-6-16)22-19(26)12-7-18(25)24(11-12)17-9-13(20)8-14(21)10-17/h3-6,8-10,12H,7,11H2,1-2H3,(H,22,26). The number of halogens is 2. The number of hydrogen-bond acceptors (Lipinski definition) is 3. The Morgan fingerprint density at radius 2 is 1.73 bits per heavy atom. The van der Waals surface area contributed by atoms with E-state index in [9.17, 15) is 9.59 Å². The Labute approximate surface area is 162 Å². The van der Waals surface area contributed by atoms with E-state index in [0.717, 1.165) is 5.69 Å². The number of nitrogens with one attached hydrogen (secondary N) is 1. The van der Waals surface area contributed by atoms with Gasteiger partial charge in [-0.1, -0.05) is 23.2 Å². The fourth-order valence-corrected chi connectivity index (χ4v) is 3.43. The summed E-state index contributed by atoms with van der Waals surface area (Å²) in [6.07, 6.45) is 0.158. The number of amides is 2. The van der Waals surface area contributed by atoms with E-state index in [1.54, 1.807) is 23.1 Å². The first kappa shape index (κ1) is 18.5. The molecule has 1 aliphatic heterocycles. The van der Waals surface area contributed by atoms with Gasteiger partial charge in [0.1, 0.15) is 0 Å². The molecule has 2 aromatic rings. The van der Waals surface area contributed by atoms with Gasteiger partial charge in [0, 0.05) is 54.2 Å². The van der Waals surface area contributed by atoms with Crippen molar-refractivity contribution in [2.75, 3.05) is 35.8 Å². The van der Waals surface area contributed by atoms with E-state index in [2.05, 4.69) is 5.32 Å². The first-order chi connectivity index (χ1) is 12.3. The minimum absolute atomic E-state index is 0.119. The van der Waals surface area contributed by atoms with E-state index in [1.807, 2.05) is 43.3 Å². The van der Waals surface area contributed by atoms with Gasteiger partial charge in [-0.3, -0.25) is 9.59 Å². The van der Waals surface area contributed by atoms with Crippen LogP contribution in [-0.2, 0) is 9.59 Å². The van der Waals surface area contributed by atoms with Gasteiger partial charge in [-0.2, -0.15) is 0 Å². The molecule has 0 aromatic heterocycles. The third-order valence-corrected chi connectivity index (χ3v) is 4.74. The van der Waals surface area contributed by atoms with Crippen LogP contribution in [0.3, 0.4) is 0 Å². The summed E-state index contributed by atoms with van der Waals surface area (Å²) in [5, 5.41) is 3.78. The minimum Gasteiger partial charge on any atom is -0.378 e. The van der Waals surface area contributed by atoms with Gasteiger partial charge < -0.3 is 15.1 Å². The Kier molecular flexibility index (Phi) is 5.39. The molecule has 1 atom stereocenters. The smallest absolute Gasteiger partial charge is 0.229 e. The average Bonchev–Trinajstić information content (AvgIpc) is 2.96. The van der Waals surface area contributed by atoms with Gasteiger partial charge in [0.15, 0.2) is 0 Å². The lowest BCUT2D eigenvalue weighted by atomic mass is 10.1. The Morgan fingerprint density at radius 1 is 1.12 bits per heavy atom. The molecule has 1 saturated heterocycles. The number of rotatable bonds is 4. The van der Waals surface area contributed by atoms with Crippen molar-refractivity contribution in [3.8, 4) is 0 Å². The zero-order valence-electron chi connectivity index (χ0n) is 14.5. The molecule has 7 heteroatoms. The number of hydrogen-bond donors (Lipinski definition) is 1. The van der Waals surface area contributed by atoms with Crippen LogP contribution in [0.1, 0.15) is 6.42 Å². The molecule has 0 aliphatic carbocycles. The van der Waals surface area contributed by atoms with Gasteiger partial charge in [0.25, 0.3) is 0 Å². The van der Waals surface area contributed by atoms with E-state index in [4.69, 9.17) is 23.2 Å². The third kappa shape index (κ3) is 4.11. The molecular formula is C19H19Cl2N3O2. The molecule has 2 amide bonds. The van der Waals surface area contributed by atoms with E-state index in [-0.39, 0.29) is 18.2 Å². The highest BCUT2D eigenvalue weighted by Gasteiger charge is 2.35. The first-order valence-corrected chi connectivity index (χ1v) is 8.94. The maximum absolute atomic E-state index is 12.5. The van der Waals surface area contributed by atoms with Crippen molar-refractivity contribution < 1.29 is 9.59 Å². The monoisotopic (exact) mass is 391 g/mol. The molecule has 1 aliphatic rings. The van der Waals surface area contributed by atoms with Crippen LogP contribution in [0.2, 0.25) is 10.0 Å². The highest BCUT2D eigenvalue weighted by atomic mass is 35.5. The molecule has 2 aromatic carbocycles. The molecule has 0 spiro atoms. The largest absolute Gasteiger partial charge is 0.378 e. The Bertz CT molecular complexity index is 817. The summed E-state index contributed by atoms with van der Waals surface area (Å²) in [6, 6.07) is 12.5. The average molecular weight is 392 g/mol. The molecule has 1 heterocycles. The second-order valence-electron chi connectivity index (χ2n) is 6.46. The predicted octanol–water partition coefficient (Wildman–Crippen LogP) is 4.05. The van der Waals surface area contributed by atoms with Gasteiger partial charge in [-0.15, -0.1) is 0 Å². The normalized spacial score (nSPS) is 16.7. The molecule has 26 heavy (non-hydrogen) atoms. The molecule has 5 nitrogen and oxygen atoms in total. The van der Waals surface area contributed by atoms with E-state index >= 15 is 0 Å². The summed E-state index contributed by atoms with van der Waals surface area (Å²) >= 11 is 12.0.